The third-order valence-corrected chi connectivity index (χ3v) is 4.81. The molecule has 4 heteroatoms. The molecule has 2 aliphatic rings. The summed E-state index contributed by atoms with van der Waals surface area (Å²) in [5.74, 6) is 0. The van der Waals surface area contributed by atoms with E-state index >= 15 is 0 Å². The lowest BCUT2D eigenvalue weighted by atomic mass is 9.92. The number of β-amino-alcohol motifs (C(OH)–C–C–N with tert-alkyl or cyclic N) is 1. The van der Waals surface area contributed by atoms with Gasteiger partial charge < -0.3 is 14.9 Å². The summed E-state index contributed by atoms with van der Waals surface area (Å²) < 4.78 is 0. The van der Waals surface area contributed by atoms with E-state index in [1.807, 2.05) is 6.20 Å². The van der Waals surface area contributed by atoms with Crippen LogP contribution in [-0.4, -0.2) is 53.3 Å². The lowest BCUT2D eigenvalue weighted by Gasteiger charge is -2.42. The van der Waals surface area contributed by atoms with Crippen molar-refractivity contribution in [3.8, 4) is 0 Å². The minimum Gasteiger partial charge on any atom is -0.387 e. The molecule has 1 N–H and O–H groups in total. The molecule has 0 spiro atoms. The molecule has 0 radical (unpaired) electrons. The number of nitrogens with zero attached hydrogens (tertiary/aromatic N) is 3. The van der Waals surface area contributed by atoms with Gasteiger partial charge in [0.1, 0.15) is 0 Å². The van der Waals surface area contributed by atoms with E-state index in [0.29, 0.717) is 6.04 Å². The van der Waals surface area contributed by atoms with Crippen LogP contribution in [0.2, 0.25) is 0 Å². The van der Waals surface area contributed by atoms with Crippen LogP contribution in [0.1, 0.15) is 38.3 Å². The van der Waals surface area contributed by atoms with Crippen molar-refractivity contribution in [2.45, 2.75) is 50.7 Å². The molecule has 1 saturated carbocycles. The second-order valence-corrected chi connectivity index (χ2v) is 6.76. The molecular weight excluding hydrogens is 262 g/mol. The molecule has 2 heterocycles. The fourth-order valence-corrected chi connectivity index (χ4v) is 3.38. The van der Waals surface area contributed by atoms with E-state index in [1.54, 1.807) is 0 Å². The Labute approximate surface area is 127 Å². The molecule has 21 heavy (non-hydrogen) atoms. The quantitative estimate of drug-likeness (QED) is 0.901. The minimum atomic E-state index is -0.584. The predicted octanol–water partition coefficient (Wildman–Crippen LogP) is 2.07. The number of hydrogen-bond acceptors (Lipinski definition) is 4. The smallest absolute Gasteiger partial charge is 0.0948 e. The Kier molecular flexibility index (Phi) is 4.18. The molecule has 1 atom stereocenters. The van der Waals surface area contributed by atoms with Gasteiger partial charge in [0.25, 0.3) is 0 Å². The average molecular weight is 289 g/mol. The SMILES string of the molecule is CCc1ccc(N2CCCC(O)(CN(C)C3CC3)C2)cn1. The maximum Gasteiger partial charge on any atom is 0.0948 e. The summed E-state index contributed by atoms with van der Waals surface area (Å²) in [5.41, 5.74) is 1.68. The number of aryl methyl sites for hydroxylation is 1. The first kappa shape index (κ1) is 14.8. The first-order chi connectivity index (χ1) is 10.1. The van der Waals surface area contributed by atoms with Gasteiger partial charge in [0.2, 0.25) is 0 Å². The van der Waals surface area contributed by atoms with E-state index < -0.39 is 5.60 Å². The molecule has 1 saturated heterocycles. The van der Waals surface area contributed by atoms with Crippen LogP contribution in [0.4, 0.5) is 5.69 Å². The molecule has 4 nitrogen and oxygen atoms in total. The fraction of sp³-hybridized carbons (Fsp3) is 0.706. The Morgan fingerprint density at radius 3 is 2.86 bits per heavy atom. The number of aliphatic hydroxyl groups is 1. The molecule has 1 unspecified atom stereocenters. The number of hydrogen-bond donors (Lipinski definition) is 1. The van der Waals surface area contributed by atoms with Gasteiger partial charge in [-0.1, -0.05) is 6.92 Å². The zero-order valence-corrected chi connectivity index (χ0v) is 13.3. The molecule has 0 aromatic carbocycles. The van der Waals surface area contributed by atoms with Crippen molar-refractivity contribution in [1.29, 1.82) is 0 Å². The maximum atomic E-state index is 10.9. The summed E-state index contributed by atoms with van der Waals surface area (Å²) >= 11 is 0. The molecular formula is C17H27N3O. The van der Waals surface area contributed by atoms with Crippen molar-refractivity contribution in [1.82, 2.24) is 9.88 Å². The second kappa shape index (κ2) is 5.93. The Hall–Kier alpha value is -1.13. The summed E-state index contributed by atoms with van der Waals surface area (Å²) in [5, 5.41) is 10.9. The van der Waals surface area contributed by atoms with Gasteiger partial charge >= 0.3 is 0 Å². The number of pyridine rings is 1. The number of anilines is 1. The highest BCUT2D eigenvalue weighted by molar-refractivity contribution is 5.45. The Morgan fingerprint density at radius 1 is 1.43 bits per heavy atom. The van der Waals surface area contributed by atoms with Gasteiger partial charge in [0.05, 0.1) is 17.5 Å². The van der Waals surface area contributed by atoms with Crippen LogP contribution in [-0.2, 0) is 6.42 Å². The monoisotopic (exact) mass is 289 g/mol. The number of rotatable bonds is 5. The van der Waals surface area contributed by atoms with Crippen LogP contribution in [0.3, 0.4) is 0 Å². The summed E-state index contributed by atoms with van der Waals surface area (Å²) in [7, 11) is 2.15. The van der Waals surface area contributed by atoms with Crippen molar-refractivity contribution in [2.75, 3.05) is 31.6 Å². The summed E-state index contributed by atoms with van der Waals surface area (Å²) in [4.78, 5) is 9.11. The van der Waals surface area contributed by atoms with Gasteiger partial charge in [-0.05, 0) is 51.3 Å². The van der Waals surface area contributed by atoms with Gasteiger partial charge in [-0.2, -0.15) is 0 Å². The van der Waals surface area contributed by atoms with E-state index in [4.69, 9.17) is 0 Å². The van der Waals surface area contributed by atoms with Crippen LogP contribution >= 0.6 is 0 Å². The summed E-state index contributed by atoms with van der Waals surface area (Å²) in [6.07, 6.45) is 7.45. The highest BCUT2D eigenvalue weighted by Gasteiger charge is 2.37. The number of likely N-dealkylation sites (N-methyl/N-ethyl adjacent to an activating group) is 1. The van der Waals surface area contributed by atoms with Crippen LogP contribution in [0.25, 0.3) is 0 Å². The van der Waals surface area contributed by atoms with Gasteiger partial charge in [0, 0.05) is 31.4 Å². The molecule has 2 fully saturated rings. The largest absolute Gasteiger partial charge is 0.387 e. The zero-order valence-electron chi connectivity index (χ0n) is 13.3. The first-order valence-electron chi connectivity index (χ1n) is 8.22. The second-order valence-electron chi connectivity index (χ2n) is 6.76. The van der Waals surface area contributed by atoms with Crippen LogP contribution in [0.5, 0.6) is 0 Å². The molecule has 1 aliphatic carbocycles. The van der Waals surface area contributed by atoms with Crippen molar-refractivity contribution in [2.24, 2.45) is 0 Å². The van der Waals surface area contributed by atoms with Crippen LogP contribution in [0.15, 0.2) is 18.3 Å². The summed E-state index contributed by atoms with van der Waals surface area (Å²) in [6.45, 7) is 4.64. The molecule has 116 valence electrons. The van der Waals surface area contributed by atoms with E-state index in [1.165, 1.54) is 12.8 Å². The Balaban J connectivity index is 1.66. The topological polar surface area (TPSA) is 39.6 Å². The van der Waals surface area contributed by atoms with E-state index in [2.05, 4.69) is 40.9 Å². The highest BCUT2D eigenvalue weighted by atomic mass is 16.3. The van der Waals surface area contributed by atoms with Gasteiger partial charge in [-0.25, -0.2) is 0 Å². The number of piperidine rings is 1. The first-order valence-corrected chi connectivity index (χ1v) is 8.22. The molecule has 0 amide bonds. The van der Waals surface area contributed by atoms with E-state index in [0.717, 1.165) is 50.3 Å². The van der Waals surface area contributed by atoms with E-state index in [-0.39, 0.29) is 0 Å². The third kappa shape index (κ3) is 3.55. The van der Waals surface area contributed by atoms with Gasteiger partial charge in [0.15, 0.2) is 0 Å². The Bertz CT molecular complexity index is 471. The summed E-state index contributed by atoms with van der Waals surface area (Å²) in [6, 6.07) is 4.94. The predicted molar refractivity (Wildman–Crippen MR) is 85.7 cm³/mol. The standard InChI is InChI=1S/C17H27N3O/c1-3-14-5-6-16(11-18-14)20-10-4-9-17(21,13-20)12-19(2)15-7-8-15/h5-6,11,15,21H,3-4,7-10,12-13H2,1-2H3. The highest BCUT2D eigenvalue weighted by Crippen LogP contribution is 2.31. The van der Waals surface area contributed by atoms with Crippen molar-refractivity contribution < 1.29 is 5.11 Å². The fourth-order valence-electron chi connectivity index (χ4n) is 3.38. The third-order valence-electron chi connectivity index (χ3n) is 4.81. The normalized spacial score (nSPS) is 26.4. The Morgan fingerprint density at radius 2 is 2.24 bits per heavy atom. The van der Waals surface area contributed by atoms with Crippen molar-refractivity contribution in [3.63, 3.8) is 0 Å². The van der Waals surface area contributed by atoms with Crippen molar-refractivity contribution >= 4 is 5.69 Å². The zero-order chi connectivity index (χ0) is 14.9. The van der Waals surface area contributed by atoms with Gasteiger partial charge in [-0.15, -0.1) is 0 Å². The molecule has 1 aromatic heterocycles. The molecule has 1 aliphatic heterocycles. The van der Waals surface area contributed by atoms with Crippen molar-refractivity contribution in [3.05, 3.63) is 24.0 Å². The average Bonchev–Trinajstić information content (AvgIpc) is 3.31. The van der Waals surface area contributed by atoms with Gasteiger partial charge in [-0.3, -0.25) is 4.98 Å². The number of aromatic nitrogens is 1. The molecule has 0 bridgehead atoms. The molecule has 1 aromatic rings. The molecule has 3 rings (SSSR count). The lowest BCUT2D eigenvalue weighted by molar-refractivity contribution is -0.00343. The van der Waals surface area contributed by atoms with Crippen LogP contribution in [0, 0.1) is 0 Å². The minimum absolute atomic E-state index is 0.584. The van der Waals surface area contributed by atoms with E-state index in [9.17, 15) is 5.11 Å². The maximum absolute atomic E-state index is 10.9. The van der Waals surface area contributed by atoms with Crippen LogP contribution < -0.4 is 4.90 Å². The lowest BCUT2D eigenvalue weighted by Crippen LogP contribution is -2.54.